The monoisotopic (exact) mass is 451 g/mol. The topological polar surface area (TPSA) is 56.5 Å². The number of thiazole rings is 1. The Morgan fingerprint density at radius 2 is 1.82 bits per heavy atom. The van der Waals surface area contributed by atoms with E-state index in [0.29, 0.717) is 9.33 Å². The van der Waals surface area contributed by atoms with Gasteiger partial charge in [0, 0.05) is 23.5 Å². The van der Waals surface area contributed by atoms with Crippen LogP contribution in [0.3, 0.4) is 0 Å². The van der Waals surface area contributed by atoms with Crippen molar-refractivity contribution in [2.75, 3.05) is 7.11 Å². The zero-order chi connectivity index (χ0) is 22.4. The third-order valence-electron chi connectivity index (χ3n) is 6.31. The first-order valence-electron chi connectivity index (χ1n) is 10.9. The van der Waals surface area contributed by atoms with E-state index in [1.807, 2.05) is 41.0 Å². The van der Waals surface area contributed by atoms with Gasteiger partial charge in [-0.1, -0.05) is 53.8 Å². The molecule has 6 rings (SSSR count). The van der Waals surface area contributed by atoms with Gasteiger partial charge in [-0.15, -0.1) is 0 Å². The van der Waals surface area contributed by atoms with E-state index in [2.05, 4.69) is 35.3 Å². The number of methoxy groups -OCH3 is 1. The number of benzene rings is 2. The normalized spacial score (nSPS) is 17.1. The maximum absolute atomic E-state index is 13.7. The summed E-state index contributed by atoms with van der Waals surface area (Å²) in [6.45, 7) is 0. The Balaban J connectivity index is 1.66. The minimum Gasteiger partial charge on any atom is -0.496 e. The van der Waals surface area contributed by atoms with Crippen molar-refractivity contribution in [2.24, 2.45) is 4.99 Å². The Labute approximate surface area is 194 Å². The Bertz CT molecular complexity index is 1580. The van der Waals surface area contributed by atoms with Gasteiger partial charge in [-0.2, -0.15) is 0 Å². The molecule has 1 unspecified atom stereocenters. The van der Waals surface area contributed by atoms with Crippen LogP contribution in [-0.4, -0.2) is 16.7 Å². The molecule has 5 nitrogen and oxygen atoms in total. The molecule has 0 fully saturated rings. The maximum Gasteiger partial charge on any atom is 0.271 e. The number of pyridine rings is 1. The molecule has 2 aromatic heterocycles. The van der Waals surface area contributed by atoms with Crippen molar-refractivity contribution < 1.29 is 4.74 Å². The number of allylic oxidation sites excluding steroid dienone is 1. The van der Waals surface area contributed by atoms with Crippen LogP contribution in [-0.2, 0) is 6.42 Å². The van der Waals surface area contributed by atoms with E-state index < -0.39 is 0 Å². The van der Waals surface area contributed by atoms with E-state index in [1.54, 1.807) is 19.5 Å². The summed E-state index contributed by atoms with van der Waals surface area (Å²) in [6.07, 6.45) is 7.16. The molecule has 1 aliphatic carbocycles. The highest BCUT2D eigenvalue weighted by atomic mass is 32.1. The predicted octanol–water partition coefficient (Wildman–Crippen LogP) is 3.72. The van der Waals surface area contributed by atoms with Crippen LogP contribution in [0.25, 0.3) is 11.8 Å². The third-order valence-corrected chi connectivity index (χ3v) is 7.29. The molecule has 1 atom stereocenters. The second-order valence-electron chi connectivity index (χ2n) is 8.14. The van der Waals surface area contributed by atoms with E-state index in [1.165, 1.54) is 22.5 Å². The molecule has 0 spiro atoms. The average molecular weight is 452 g/mol. The lowest BCUT2D eigenvalue weighted by atomic mass is 9.83. The van der Waals surface area contributed by atoms with Crippen LogP contribution in [0.4, 0.5) is 0 Å². The largest absolute Gasteiger partial charge is 0.496 e. The van der Waals surface area contributed by atoms with Crippen molar-refractivity contribution in [1.29, 1.82) is 0 Å². The van der Waals surface area contributed by atoms with E-state index in [4.69, 9.17) is 9.73 Å². The summed E-state index contributed by atoms with van der Waals surface area (Å²) in [7, 11) is 1.68. The summed E-state index contributed by atoms with van der Waals surface area (Å²) in [5.74, 6) is 0.777. The lowest BCUT2D eigenvalue weighted by molar-refractivity contribution is 0.402. The van der Waals surface area contributed by atoms with Gasteiger partial charge in [0.25, 0.3) is 5.56 Å². The number of rotatable bonds is 3. The molecule has 2 aromatic carbocycles. The quantitative estimate of drug-likeness (QED) is 0.477. The van der Waals surface area contributed by atoms with Crippen LogP contribution in [0.2, 0.25) is 0 Å². The summed E-state index contributed by atoms with van der Waals surface area (Å²) < 4.78 is 8.23. The summed E-state index contributed by atoms with van der Waals surface area (Å²) >= 11 is 1.43. The van der Waals surface area contributed by atoms with Gasteiger partial charge in [0.2, 0.25) is 0 Å². The Morgan fingerprint density at radius 3 is 2.67 bits per heavy atom. The van der Waals surface area contributed by atoms with Crippen molar-refractivity contribution in [3.63, 3.8) is 0 Å². The number of fused-ring (bicyclic) bond motifs is 3. The van der Waals surface area contributed by atoms with Gasteiger partial charge < -0.3 is 4.74 Å². The number of hydrogen-bond acceptors (Lipinski definition) is 5. The van der Waals surface area contributed by atoms with Crippen molar-refractivity contribution in [3.8, 4) is 5.75 Å². The highest BCUT2D eigenvalue weighted by Gasteiger charge is 2.33. The minimum atomic E-state index is -0.250. The molecule has 4 aromatic rings. The second kappa shape index (κ2) is 7.98. The molecular weight excluding hydrogens is 430 g/mol. The van der Waals surface area contributed by atoms with Crippen LogP contribution in [0.5, 0.6) is 5.75 Å². The van der Waals surface area contributed by atoms with Gasteiger partial charge in [-0.05, 0) is 53.8 Å². The zero-order valence-corrected chi connectivity index (χ0v) is 18.9. The van der Waals surface area contributed by atoms with Gasteiger partial charge in [0.05, 0.1) is 23.4 Å². The summed E-state index contributed by atoms with van der Waals surface area (Å²) in [5.41, 5.74) is 6.51. The Morgan fingerprint density at radius 1 is 1.03 bits per heavy atom. The molecule has 0 amide bonds. The van der Waals surface area contributed by atoms with E-state index in [0.717, 1.165) is 41.0 Å². The predicted molar refractivity (Wildman–Crippen MR) is 130 cm³/mol. The lowest BCUT2D eigenvalue weighted by Gasteiger charge is -2.31. The van der Waals surface area contributed by atoms with Crippen molar-refractivity contribution >= 4 is 23.1 Å². The number of aryl methyl sites for hydroxylation is 1. The van der Waals surface area contributed by atoms with Gasteiger partial charge in [-0.3, -0.25) is 14.3 Å². The van der Waals surface area contributed by atoms with Crippen LogP contribution >= 0.6 is 11.3 Å². The second-order valence-corrected chi connectivity index (χ2v) is 9.15. The van der Waals surface area contributed by atoms with Crippen LogP contribution < -0.4 is 19.6 Å². The van der Waals surface area contributed by atoms with Crippen molar-refractivity contribution in [1.82, 2.24) is 9.55 Å². The molecule has 0 radical (unpaired) electrons. The standard InChI is InChI=1S/C27H21N3O2S/c1-32-22-9-5-4-8-20(22)25-21-11-10-18-6-2-3-7-19(18)24(21)29-27-30(25)26(31)23(33-27)16-17-12-14-28-15-13-17/h2-9,12-16,25H,10-11H2,1H3/b23-16-. The molecule has 33 heavy (non-hydrogen) atoms. The molecule has 2 aliphatic rings. The molecule has 0 bridgehead atoms. The number of aromatic nitrogens is 2. The lowest BCUT2D eigenvalue weighted by Crippen LogP contribution is -2.38. The van der Waals surface area contributed by atoms with Gasteiger partial charge in [0.15, 0.2) is 4.80 Å². The summed E-state index contributed by atoms with van der Waals surface area (Å²) in [5, 5.41) is 0. The summed E-state index contributed by atoms with van der Waals surface area (Å²) in [4.78, 5) is 23.6. The molecule has 0 saturated carbocycles. The number of nitrogens with zero attached hydrogens (tertiary/aromatic N) is 3. The fraction of sp³-hybridized carbons (Fsp3) is 0.148. The Kier molecular flexibility index (Phi) is 4.80. The molecular formula is C27H21N3O2S. The van der Waals surface area contributed by atoms with Crippen molar-refractivity contribution in [3.05, 3.63) is 121 Å². The van der Waals surface area contributed by atoms with Crippen molar-refractivity contribution in [2.45, 2.75) is 18.9 Å². The zero-order valence-electron chi connectivity index (χ0n) is 18.1. The fourth-order valence-corrected chi connectivity index (χ4v) is 5.80. The van der Waals surface area contributed by atoms with Gasteiger partial charge in [-0.25, -0.2) is 4.99 Å². The molecule has 0 saturated heterocycles. The first-order chi connectivity index (χ1) is 16.2. The fourth-order valence-electron chi connectivity index (χ4n) is 4.80. The number of para-hydroxylation sites is 1. The highest BCUT2D eigenvalue weighted by molar-refractivity contribution is 7.07. The molecule has 1 aliphatic heterocycles. The first-order valence-corrected chi connectivity index (χ1v) is 11.7. The average Bonchev–Trinajstić information content (AvgIpc) is 3.17. The molecule has 162 valence electrons. The number of ether oxygens (including phenoxy) is 1. The van der Waals surface area contributed by atoms with Crippen LogP contribution in [0.15, 0.2) is 88.4 Å². The smallest absolute Gasteiger partial charge is 0.271 e. The summed E-state index contributed by atoms with van der Waals surface area (Å²) in [6, 6.07) is 20.0. The van der Waals surface area contributed by atoms with E-state index >= 15 is 0 Å². The maximum atomic E-state index is 13.7. The molecule has 3 heterocycles. The van der Waals surface area contributed by atoms with Crippen LogP contribution in [0.1, 0.15) is 34.7 Å². The van der Waals surface area contributed by atoms with Crippen LogP contribution in [0, 0.1) is 0 Å². The number of hydrogen-bond donors (Lipinski definition) is 0. The first kappa shape index (κ1) is 19.9. The van der Waals surface area contributed by atoms with E-state index in [-0.39, 0.29) is 11.6 Å². The third kappa shape index (κ3) is 3.26. The Hall–Kier alpha value is -3.77. The van der Waals surface area contributed by atoms with Gasteiger partial charge >= 0.3 is 0 Å². The SMILES string of the molecule is COc1ccccc1C1C2=C(N=c3s/c(=C\c4ccncc4)c(=O)n31)c1ccccc1CC2. The molecule has 0 N–H and O–H groups in total. The highest BCUT2D eigenvalue weighted by Crippen LogP contribution is 2.43. The van der Waals surface area contributed by atoms with Gasteiger partial charge in [0.1, 0.15) is 5.75 Å². The molecule has 6 heteroatoms. The van der Waals surface area contributed by atoms with E-state index in [9.17, 15) is 4.79 Å². The minimum absolute atomic E-state index is 0.0307.